The molecule has 0 fully saturated rings. The van der Waals surface area contributed by atoms with E-state index in [-0.39, 0.29) is 23.6 Å². The van der Waals surface area contributed by atoms with Crippen LogP contribution in [0.5, 0.6) is 0 Å². The first-order chi connectivity index (χ1) is 12.0. The number of hydrogen-bond acceptors (Lipinski definition) is 5. The quantitative estimate of drug-likeness (QED) is 0.388. The summed E-state index contributed by atoms with van der Waals surface area (Å²) in [5.41, 5.74) is 7.48. The standard InChI is InChI=1S/C18H22N4O3/c1-13(17(19)14-7-3-2-4-8-14)18(23)21-12-11-20-15-9-5-6-10-16(15)22(24)25/h2-10,13,17,20H,11-12,19H2,1H3,(H,21,23). The van der Waals surface area contributed by atoms with Gasteiger partial charge >= 0.3 is 0 Å². The lowest BCUT2D eigenvalue weighted by atomic mass is 9.95. The van der Waals surface area contributed by atoms with Crippen molar-refractivity contribution >= 4 is 17.3 Å². The smallest absolute Gasteiger partial charge is 0.292 e. The molecule has 4 N–H and O–H groups in total. The number of nitro benzene ring substituents is 1. The van der Waals surface area contributed by atoms with Gasteiger partial charge in [-0.05, 0) is 11.6 Å². The molecule has 0 aliphatic heterocycles. The lowest BCUT2D eigenvalue weighted by Gasteiger charge is -2.20. The lowest BCUT2D eigenvalue weighted by molar-refractivity contribution is -0.384. The van der Waals surface area contributed by atoms with E-state index >= 15 is 0 Å². The van der Waals surface area contributed by atoms with E-state index in [0.717, 1.165) is 5.56 Å². The van der Waals surface area contributed by atoms with E-state index in [9.17, 15) is 14.9 Å². The first kappa shape index (κ1) is 18.4. The average Bonchev–Trinajstić information content (AvgIpc) is 2.64. The number of nitro groups is 1. The Hall–Kier alpha value is -2.93. The van der Waals surface area contributed by atoms with E-state index in [2.05, 4.69) is 10.6 Å². The molecule has 132 valence electrons. The molecule has 0 aliphatic carbocycles. The molecule has 0 heterocycles. The predicted molar refractivity (Wildman–Crippen MR) is 97.1 cm³/mol. The Labute approximate surface area is 146 Å². The Morgan fingerprint density at radius 1 is 1.12 bits per heavy atom. The van der Waals surface area contributed by atoms with Crippen molar-refractivity contribution in [3.8, 4) is 0 Å². The van der Waals surface area contributed by atoms with Crippen molar-refractivity contribution in [2.45, 2.75) is 13.0 Å². The molecule has 1 amide bonds. The normalized spacial score (nSPS) is 12.9. The predicted octanol–water partition coefficient (Wildman–Crippen LogP) is 2.46. The summed E-state index contributed by atoms with van der Waals surface area (Å²) < 4.78 is 0. The van der Waals surface area contributed by atoms with Crippen molar-refractivity contribution in [3.05, 3.63) is 70.3 Å². The van der Waals surface area contributed by atoms with Gasteiger partial charge in [-0.1, -0.05) is 49.4 Å². The van der Waals surface area contributed by atoms with Crippen molar-refractivity contribution < 1.29 is 9.72 Å². The number of amides is 1. The third-order valence-corrected chi connectivity index (χ3v) is 3.98. The molecule has 2 rings (SSSR count). The number of carbonyl (C=O) groups is 1. The maximum absolute atomic E-state index is 12.2. The number of nitrogens with zero attached hydrogens (tertiary/aromatic N) is 1. The molecule has 2 atom stereocenters. The van der Waals surface area contributed by atoms with Gasteiger partial charge in [-0.3, -0.25) is 14.9 Å². The molecule has 0 saturated heterocycles. The number of anilines is 1. The van der Waals surface area contributed by atoms with Gasteiger partial charge in [0.05, 0.1) is 10.8 Å². The van der Waals surface area contributed by atoms with Gasteiger partial charge in [0, 0.05) is 25.2 Å². The zero-order valence-corrected chi connectivity index (χ0v) is 14.0. The Balaban J connectivity index is 1.82. The van der Waals surface area contributed by atoms with Crippen molar-refractivity contribution in [2.75, 3.05) is 18.4 Å². The van der Waals surface area contributed by atoms with Gasteiger partial charge in [0.25, 0.3) is 5.69 Å². The third-order valence-electron chi connectivity index (χ3n) is 3.98. The van der Waals surface area contributed by atoms with Crippen LogP contribution in [0.1, 0.15) is 18.5 Å². The van der Waals surface area contributed by atoms with Gasteiger partial charge in [-0.25, -0.2) is 0 Å². The summed E-state index contributed by atoms with van der Waals surface area (Å²) in [6, 6.07) is 15.5. The maximum atomic E-state index is 12.2. The van der Waals surface area contributed by atoms with Crippen molar-refractivity contribution in [2.24, 2.45) is 11.7 Å². The summed E-state index contributed by atoms with van der Waals surface area (Å²) in [5, 5.41) is 16.7. The molecular formula is C18H22N4O3. The first-order valence-corrected chi connectivity index (χ1v) is 8.06. The Kier molecular flexibility index (Phi) is 6.47. The van der Waals surface area contributed by atoms with Crippen LogP contribution in [0.3, 0.4) is 0 Å². The van der Waals surface area contributed by atoms with Gasteiger partial charge in [-0.15, -0.1) is 0 Å². The summed E-state index contributed by atoms with van der Waals surface area (Å²) >= 11 is 0. The molecule has 2 unspecified atom stereocenters. The highest BCUT2D eigenvalue weighted by Crippen LogP contribution is 2.22. The SMILES string of the molecule is CC(C(=O)NCCNc1ccccc1[N+](=O)[O-])C(N)c1ccccc1. The van der Waals surface area contributed by atoms with Crippen LogP contribution >= 0.6 is 0 Å². The van der Waals surface area contributed by atoms with E-state index in [1.165, 1.54) is 6.07 Å². The van der Waals surface area contributed by atoms with Gasteiger partial charge in [0.15, 0.2) is 0 Å². The number of para-hydroxylation sites is 2. The molecule has 0 bridgehead atoms. The van der Waals surface area contributed by atoms with E-state index < -0.39 is 4.92 Å². The Bertz CT molecular complexity index is 721. The second kappa shape index (κ2) is 8.79. The molecular weight excluding hydrogens is 320 g/mol. The van der Waals surface area contributed by atoms with E-state index in [4.69, 9.17) is 5.73 Å². The zero-order chi connectivity index (χ0) is 18.2. The Morgan fingerprint density at radius 3 is 2.44 bits per heavy atom. The van der Waals surface area contributed by atoms with Crippen LogP contribution in [0.2, 0.25) is 0 Å². The first-order valence-electron chi connectivity index (χ1n) is 8.06. The van der Waals surface area contributed by atoms with Crippen LogP contribution in [0.25, 0.3) is 0 Å². The molecule has 7 heteroatoms. The summed E-state index contributed by atoms with van der Waals surface area (Å²) in [7, 11) is 0. The summed E-state index contributed by atoms with van der Waals surface area (Å²) in [6.45, 7) is 2.50. The van der Waals surface area contributed by atoms with E-state index in [1.807, 2.05) is 30.3 Å². The van der Waals surface area contributed by atoms with Crippen molar-refractivity contribution in [3.63, 3.8) is 0 Å². The molecule has 7 nitrogen and oxygen atoms in total. The number of rotatable bonds is 8. The van der Waals surface area contributed by atoms with Crippen LogP contribution in [-0.4, -0.2) is 23.9 Å². The summed E-state index contributed by atoms with van der Waals surface area (Å²) in [4.78, 5) is 22.7. The van der Waals surface area contributed by atoms with Crippen LogP contribution in [0.15, 0.2) is 54.6 Å². The molecule has 0 radical (unpaired) electrons. The van der Waals surface area contributed by atoms with Crippen LogP contribution in [0, 0.1) is 16.0 Å². The van der Waals surface area contributed by atoms with Gasteiger partial charge in [-0.2, -0.15) is 0 Å². The molecule has 0 spiro atoms. The minimum absolute atomic E-state index is 0.00768. The van der Waals surface area contributed by atoms with E-state index in [0.29, 0.717) is 18.8 Å². The number of benzene rings is 2. The molecule has 0 saturated carbocycles. The number of hydrogen-bond donors (Lipinski definition) is 3. The molecule has 2 aromatic rings. The van der Waals surface area contributed by atoms with E-state index in [1.54, 1.807) is 25.1 Å². The van der Waals surface area contributed by atoms with Crippen molar-refractivity contribution in [1.29, 1.82) is 0 Å². The highest BCUT2D eigenvalue weighted by molar-refractivity contribution is 5.79. The van der Waals surface area contributed by atoms with Gasteiger partial charge in [0.2, 0.25) is 5.91 Å². The zero-order valence-electron chi connectivity index (χ0n) is 14.0. The highest BCUT2D eigenvalue weighted by Gasteiger charge is 2.21. The largest absolute Gasteiger partial charge is 0.378 e. The third kappa shape index (κ3) is 5.02. The fourth-order valence-corrected chi connectivity index (χ4v) is 2.45. The van der Waals surface area contributed by atoms with Crippen LogP contribution in [-0.2, 0) is 4.79 Å². The number of carbonyl (C=O) groups excluding carboxylic acids is 1. The second-order valence-electron chi connectivity index (χ2n) is 5.72. The number of nitrogens with two attached hydrogens (primary N) is 1. The number of nitrogens with one attached hydrogen (secondary N) is 2. The molecule has 2 aromatic carbocycles. The minimum Gasteiger partial charge on any atom is -0.378 e. The molecule has 0 aromatic heterocycles. The highest BCUT2D eigenvalue weighted by atomic mass is 16.6. The minimum atomic E-state index is -0.443. The topological polar surface area (TPSA) is 110 Å². The molecule has 0 aliphatic rings. The molecule has 25 heavy (non-hydrogen) atoms. The summed E-state index contributed by atoms with van der Waals surface area (Å²) in [5.74, 6) is -0.533. The van der Waals surface area contributed by atoms with Gasteiger partial charge < -0.3 is 16.4 Å². The van der Waals surface area contributed by atoms with Crippen LogP contribution < -0.4 is 16.4 Å². The maximum Gasteiger partial charge on any atom is 0.292 e. The second-order valence-corrected chi connectivity index (χ2v) is 5.72. The summed E-state index contributed by atoms with van der Waals surface area (Å²) in [6.07, 6.45) is 0. The lowest BCUT2D eigenvalue weighted by Crippen LogP contribution is -2.37. The fraction of sp³-hybridized carbons (Fsp3) is 0.278. The average molecular weight is 342 g/mol. The van der Waals surface area contributed by atoms with Crippen LogP contribution in [0.4, 0.5) is 11.4 Å². The fourth-order valence-electron chi connectivity index (χ4n) is 2.45. The van der Waals surface area contributed by atoms with Crippen molar-refractivity contribution in [1.82, 2.24) is 5.32 Å². The van der Waals surface area contributed by atoms with Gasteiger partial charge in [0.1, 0.15) is 5.69 Å². The monoisotopic (exact) mass is 342 g/mol. The Morgan fingerprint density at radius 2 is 1.76 bits per heavy atom.